The van der Waals surface area contributed by atoms with Gasteiger partial charge in [0.2, 0.25) is 5.89 Å². The number of nitrogens with zero attached hydrogens (tertiary/aromatic N) is 3. The molecule has 0 saturated carbocycles. The van der Waals surface area contributed by atoms with Gasteiger partial charge in [0.15, 0.2) is 5.82 Å². The zero-order valence-corrected chi connectivity index (χ0v) is 14.9. The number of nitrogens with two attached hydrogens (primary N) is 1. The van der Waals surface area contributed by atoms with Gasteiger partial charge in [0.05, 0.1) is 12.1 Å². The number of anilines is 1. The summed E-state index contributed by atoms with van der Waals surface area (Å²) in [5, 5.41) is 3.97. The quantitative estimate of drug-likeness (QED) is 0.776. The summed E-state index contributed by atoms with van der Waals surface area (Å²) in [7, 11) is 0. The summed E-state index contributed by atoms with van der Waals surface area (Å²) >= 11 is 0. The van der Waals surface area contributed by atoms with Crippen molar-refractivity contribution in [3.63, 3.8) is 0 Å². The van der Waals surface area contributed by atoms with Crippen LogP contribution >= 0.6 is 0 Å². The molecule has 0 saturated heterocycles. The first-order valence-corrected chi connectivity index (χ1v) is 8.66. The van der Waals surface area contributed by atoms with E-state index in [-0.39, 0.29) is 5.82 Å². The maximum absolute atomic E-state index is 13.5. The van der Waals surface area contributed by atoms with Gasteiger partial charge in [-0.2, -0.15) is 4.98 Å². The fourth-order valence-corrected chi connectivity index (χ4v) is 3.23. The van der Waals surface area contributed by atoms with E-state index in [4.69, 9.17) is 10.3 Å². The Bertz CT molecular complexity index is 945. The summed E-state index contributed by atoms with van der Waals surface area (Å²) in [6.07, 6.45) is 0.932. The smallest absolute Gasteiger partial charge is 0.246 e. The van der Waals surface area contributed by atoms with E-state index in [0.29, 0.717) is 18.3 Å². The molecule has 1 aliphatic heterocycles. The molecule has 2 N–H and O–H groups in total. The number of aromatic nitrogens is 2. The van der Waals surface area contributed by atoms with E-state index in [1.807, 2.05) is 26.0 Å². The highest BCUT2D eigenvalue weighted by Gasteiger charge is 2.25. The van der Waals surface area contributed by atoms with Crippen LogP contribution in [-0.4, -0.2) is 16.7 Å². The van der Waals surface area contributed by atoms with E-state index in [1.54, 1.807) is 12.1 Å². The van der Waals surface area contributed by atoms with Crippen LogP contribution in [0.15, 0.2) is 47.0 Å². The van der Waals surface area contributed by atoms with Crippen LogP contribution in [0.4, 0.5) is 10.1 Å². The molecule has 0 aliphatic carbocycles. The van der Waals surface area contributed by atoms with E-state index < -0.39 is 5.54 Å². The Morgan fingerprint density at radius 1 is 1.19 bits per heavy atom. The molecule has 2 aromatic carbocycles. The summed E-state index contributed by atoms with van der Waals surface area (Å²) < 4.78 is 18.8. The average Bonchev–Trinajstić information content (AvgIpc) is 3.22. The summed E-state index contributed by atoms with van der Waals surface area (Å²) in [6.45, 7) is 5.13. The average molecular weight is 352 g/mol. The second kappa shape index (κ2) is 6.21. The maximum atomic E-state index is 13.5. The van der Waals surface area contributed by atoms with Crippen molar-refractivity contribution in [3.05, 3.63) is 65.6 Å². The zero-order valence-electron chi connectivity index (χ0n) is 14.9. The highest BCUT2D eigenvalue weighted by Crippen LogP contribution is 2.33. The number of benzene rings is 2. The molecule has 26 heavy (non-hydrogen) atoms. The molecule has 0 bridgehead atoms. The third-order valence-corrected chi connectivity index (χ3v) is 4.60. The van der Waals surface area contributed by atoms with Crippen molar-refractivity contribution in [1.29, 1.82) is 0 Å². The molecule has 5 nitrogen and oxygen atoms in total. The normalized spacial score (nSPS) is 13.9. The zero-order chi connectivity index (χ0) is 18.3. The van der Waals surface area contributed by atoms with E-state index in [9.17, 15) is 4.39 Å². The van der Waals surface area contributed by atoms with Crippen LogP contribution < -0.4 is 10.6 Å². The Morgan fingerprint density at radius 2 is 2.00 bits per heavy atom. The lowest BCUT2D eigenvalue weighted by atomic mass is 10.0. The van der Waals surface area contributed by atoms with Gasteiger partial charge in [0.25, 0.3) is 0 Å². The second-order valence-electron chi connectivity index (χ2n) is 7.26. The van der Waals surface area contributed by atoms with Crippen molar-refractivity contribution >= 4 is 5.69 Å². The number of hydrogen-bond donors (Lipinski definition) is 1. The molecule has 0 atom stereocenters. The first-order valence-electron chi connectivity index (χ1n) is 8.66. The molecule has 0 fully saturated rings. The molecule has 2 heterocycles. The highest BCUT2D eigenvalue weighted by atomic mass is 19.1. The van der Waals surface area contributed by atoms with Crippen molar-refractivity contribution in [2.24, 2.45) is 5.73 Å². The Morgan fingerprint density at radius 3 is 2.73 bits per heavy atom. The van der Waals surface area contributed by atoms with Gasteiger partial charge in [-0.3, -0.25) is 0 Å². The minimum absolute atomic E-state index is 0.223. The third kappa shape index (κ3) is 3.20. The molecule has 3 aromatic rings. The Kier molecular flexibility index (Phi) is 4.00. The van der Waals surface area contributed by atoms with Gasteiger partial charge in [-0.05, 0) is 61.2 Å². The summed E-state index contributed by atoms with van der Waals surface area (Å²) in [5.74, 6) is 0.841. The Balaban J connectivity index is 1.56. The predicted octanol–water partition coefficient (Wildman–Crippen LogP) is 3.63. The number of fused-ring (bicyclic) bond motifs is 1. The first-order chi connectivity index (χ1) is 12.4. The highest BCUT2D eigenvalue weighted by molar-refractivity contribution is 5.70. The van der Waals surface area contributed by atoms with Gasteiger partial charge >= 0.3 is 0 Å². The standard InChI is InChI=1S/C20H21FN4O/c1-20(2,22)19-23-18(26-24-19)12-25-9-8-15-10-14(6-7-17(15)25)13-4-3-5-16(21)11-13/h3-7,10-11H,8-9,12,22H2,1-2H3. The van der Waals surface area contributed by atoms with Gasteiger partial charge < -0.3 is 15.2 Å². The van der Waals surface area contributed by atoms with Crippen molar-refractivity contribution in [3.8, 4) is 11.1 Å². The molecular formula is C20H21FN4O. The van der Waals surface area contributed by atoms with Crippen LogP contribution in [0.5, 0.6) is 0 Å². The van der Waals surface area contributed by atoms with Gasteiger partial charge in [0.1, 0.15) is 5.82 Å². The van der Waals surface area contributed by atoms with Crippen molar-refractivity contribution in [2.75, 3.05) is 11.4 Å². The fraction of sp³-hybridized carbons (Fsp3) is 0.300. The van der Waals surface area contributed by atoms with Crippen LogP contribution in [0.25, 0.3) is 11.1 Å². The first kappa shape index (κ1) is 16.7. The molecule has 0 radical (unpaired) electrons. The number of halogens is 1. The molecule has 1 aliphatic rings. The minimum atomic E-state index is -0.621. The summed E-state index contributed by atoms with van der Waals surface area (Å²) in [6, 6.07) is 12.9. The van der Waals surface area contributed by atoms with E-state index in [1.165, 1.54) is 11.6 Å². The van der Waals surface area contributed by atoms with E-state index in [0.717, 1.165) is 29.8 Å². The van der Waals surface area contributed by atoms with Gasteiger partial charge in [-0.25, -0.2) is 4.39 Å². The lowest BCUT2D eigenvalue weighted by molar-refractivity contribution is 0.359. The van der Waals surface area contributed by atoms with E-state index in [2.05, 4.69) is 27.2 Å². The number of hydrogen-bond acceptors (Lipinski definition) is 5. The van der Waals surface area contributed by atoms with Crippen LogP contribution in [0, 0.1) is 5.82 Å². The minimum Gasteiger partial charge on any atom is -0.362 e. The van der Waals surface area contributed by atoms with Crippen LogP contribution in [-0.2, 0) is 18.5 Å². The molecule has 6 heteroatoms. The molecule has 0 spiro atoms. The summed E-state index contributed by atoms with van der Waals surface area (Å²) in [5.41, 5.74) is 9.69. The third-order valence-electron chi connectivity index (χ3n) is 4.60. The lowest BCUT2D eigenvalue weighted by Gasteiger charge is -2.17. The van der Waals surface area contributed by atoms with Gasteiger partial charge in [-0.15, -0.1) is 0 Å². The Hall–Kier alpha value is -2.73. The molecule has 0 amide bonds. The lowest BCUT2D eigenvalue weighted by Crippen LogP contribution is -2.30. The molecule has 134 valence electrons. The topological polar surface area (TPSA) is 68.2 Å². The van der Waals surface area contributed by atoms with E-state index >= 15 is 0 Å². The number of rotatable bonds is 4. The van der Waals surface area contributed by atoms with Gasteiger partial charge in [0, 0.05) is 12.2 Å². The largest absolute Gasteiger partial charge is 0.362 e. The maximum Gasteiger partial charge on any atom is 0.246 e. The van der Waals surface area contributed by atoms with Crippen molar-refractivity contribution in [1.82, 2.24) is 10.1 Å². The van der Waals surface area contributed by atoms with Crippen LogP contribution in [0.2, 0.25) is 0 Å². The molecular weight excluding hydrogens is 331 g/mol. The van der Waals surface area contributed by atoms with Gasteiger partial charge in [-0.1, -0.05) is 23.4 Å². The monoisotopic (exact) mass is 352 g/mol. The second-order valence-corrected chi connectivity index (χ2v) is 7.26. The molecule has 0 unspecified atom stereocenters. The summed E-state index contributed by atoms with van der Waals surface area (Å²) in [4.78, 5) is 6.62. The van der Waals surface area contributed by atoms with Crippen molar-refractivity contribution < 1.29 is 8.91 Å². The Labute approximate surface area is 151 Å². The van der Waals surface area contributed by atoms with Crippen molar-refractivity contribution in [2.45, 2.75) is 32.4 Å². The van der Waals surface area contributed by atoms with Crippen LogP contribution in [0.3, 0.4) is 0 Å². The predicted molar refractivity (Wildman–Crippen MR) is 98.1 cm³/mol. The molecule has 4 rings (SSSR count). The fourth-order valence-electron chi connectivity index (χ4n) is 3.23. The van der Waals surface area contributed by atoms with Crippen LogP contribution in [0.1, 0.15) is 31.1 Å². The SMILES string of the molecule is CC(C)(N)c1noc(CN2CCc3cc(-c4cccc(F)c4)ccc32)n1. The molecule has 1 aromatic heterocycles.